The van der Waals surface area contributed by atoms with E-state index in [4.69, 9.17) is 0 Å². The largest absolute Gasteiger partial charge is 0.351 e. The molecule has 1 N–H and O–H groups in total. The van der Waals surface area contributed by atoms with Gasteiger partial charge in [0, 0.05) is 24.6 Å². The number of rotatable bonds is 4. The Morgan fingerprint density at radius 1 is 1.12 bits per heavy atom. The molecule has 0 bridgehead atoms. The normalized spacial score (nSPS) is 13.7. The highest BCUT2D eigenvalue weighted by Crippen LogP contribution is 2.41. The third kappa shape index (κ3) is 3.07. The number of aromatic nitrogens is 2. The SMILES string of the molecule is Cc1c(C(=O)Nc2cc(-c3ccccc3)ccn2)cc(C2CC2)n1C. The monoisotopic (exact) mass is 331 g/mol. The highest BCUT2D eigenvalue weighted by atomic mass is 16.1. The van der Waals surface area contributed by atoms with Gasteiger partial charge in [-0.1, -0.05) is 30.3 Å². The van der Waals surface area contributed by atoms with Gasteiger partial charge in [-0.25, -0.2) is 4.98 Å². The van der Waals surface area contributed by atoms with E-state index in [0.29, 0.717) is 11.7 Å². The summed E-state index contributed by atoms with van der Waals surface area (Å²) in [5, 5.41) is 2.95. The van der Waals surface area contributed by atoms with Crippen molar-refractivity contribution in [1.29, 1.82) is 0 Å². The standard InChI is InChI=1S/C21H21N3O/c1-14-18(13-19(24(14)2)16-8-9-16)21(25)23-20-12-17(10-11-22-20)15-6-4-3-5-7-15/h3-7,10-13,16H,8-9H2,1-2H3,(H,22,23,25). The molecule has 0 radical (unpaired) electrons. The van der Waals surface area contributed by atoms with Crippen LogP contribution in [0.15, 0.2) is 54.7 Å². The van der Waals surface area contributed by atoms with Crippen LogP contribution in [0, 0.1) is 6.92 Å². The van der Waals surface area contributed by atoms with Crippen LogP contribution >= 0.6 is 0 Å². The predicted octanol–water partition coefficient (Wildman–Crippen LogP) is 4.53. The van der Waals surface area contributed by atoms with E-state index in [0.717, 1.165) is 22.4 Å². The van der Waals surface area contributed by atoms with Gasteiger partial charge < -0.3 is 9.88 Å². The van der Waals surface area contributed by atoms with Gasteiger partial charge in [0.15, 0.2) is 0 Å². The van der Waals surface area contributed by atoms with Crippen molar-refractivity contribution in [3.05, 3.63) is 71.7 Å². The van der Waals surface area contributed by atoms with Gasteiger partial charge in [0.25, 0.3) is 5.91 Å². The zero-order valence-electron chi connectivity index (χ0n) is 14.5. The number of amides is 1. The molecule has 0 atom stereocenters. The maximum Gasteiger partial charge on any atom is 0.258 e. The van der Waals surface area contributed by atoms with Crippen molar-refractivity contribution >= 4 is 11.7 Å². The third-order valence-corrected chi connectivity index (χ3v) is 4.92. The van der Waals surface area contributed by atoms with Crippen LogP contribution in [0.3, 0.4) is 0 Å². The summed E-state index contributed by atoms with van der Waals surface area (Å²) in [5.41, 5.74) is 5.13. The number of hydrogen-bond acceptors (Lipinski definition) is 2. The van der Waals surface area contributed by atoms with Crippen LogP contribution in [0.4, 0.5) is 5.82 Å². The van der Waals surface area contributed by atoms with E-state index in [1.807, 2.05) is 62.5 Å². The summed E-state index contributed by atoms with van der Waals surface area (Å²) in [5.74, 6) is 1.09. The number of pyridine rings is 1. The van der Waals surface area contributed by atoms with Crippen molar-refractivity contribution in [2.75, 3.05) is 5.32 Å². The van der Waals surface area contributed by atoms with Crippen LogP contribution in [0.5, 0.6) is 0 Å². The summed E-state index contributed by atoms with van der Waals surface area (Å²) in [4.78, 5) is 17.0. The lowest BCUT2D eigenvalue weighted by Gasteiger charge is -2.07. The van der Waals surface area contributed by atoms with E-state index in [1.54, 1.807) is 6.20 Å². The molecule has 2 aromatic heterocycles. The second kappa shape index (κ2) is 6.20. The summed E-state index contributed by atoms with van der Waals surface area (Å²) in [6.45, 7) is 1.99. The minimum Gasteiger partial charge on any atom is -0.351 e. The van der Waals surface area contributed by atoms with Crippen LogP contribution in [-0.2, 0) is 7.05 Å². The number of hydrogen-bond donors (Lipinski definition) is 1. The highest BCUT2D eigenvalue weighted by Gasteiger charge is 2.28. The average molecular weight is 331 g/mol. The molecule has 0 aliphatic heterocycles. The lowest BCUT2D eigenvalue weighted by atomic mass is 10.1. The van der Waals surface area contributed by atoms with E-state index in [2.05, 4.69) is 14.9 Å². The molecule has 3 aromatic rings. The molecule has 1 aliphatic carbocycles. The zero-order valence-corrected chi connectivity index (χ0v) is 14.5. The fourth-order valence-corrected chi connectivity index (χ4v) is 3.22. The first kappa shape index (κ1) is 15.6. The topological polar surface area (TPSA) is 46.9 Å². The van der Waals surface area contributed by atoms with Crippen molar-refractivity contribution in [2.24, 2.45) is 7.05 Å². The van der Waals surface area contributed by atoms with E-state index in [9.17, 15) is 4.79 Å². The van der Waals surface area contributed by atoms with Gasteiger partial charge in [-0.3, -0.25) is 4.79 Å². The molecule has 4 heteroatoms. The Balaban J connectivity index is 1.58. The molecule has 25 heavy (non-hydrogen) atoms. The van der Waals surface area contributed by atoms with Crippen molar-refractivity contribution in [3.8, 4) is 11.1 Å². The maximum absolute atomic E-state index is 12.7. The highest BCUT2D eigenvalue weighted by molar-refractivity contribution is 6.05. The quantitative estimate of drug-likeness (QED) is 0.764. The molecular formula is C21H21N3O. The molecule has 0 spiro atoms. The van der Waals surface area contributed by atoms with Gasteiger partial charge in [0.2, 0.25) is 0 Å². The molecule has 0 saturated heterocycles. The second-order valence-corrected chi connectivity index (χ2v) is 6.65. The van der Waals surface area contributed by atoms with Crippen molar-refractivity contribution in [3.63, 3.8) is 0 Å². The van der Waals surface area contributed by atoms with Crippen LogP contribution in [-0.4, -0.2) is 15.5 Å². The molecular weight excluding hydrogens is 310 g/mol. The molecule has 0 unspecified atom stereocenters. The lowest BCUT2D eigenvalue weighted by Crippen LogP contribution is -2.13. The Kier molecular flexibility index (Phi) is 3.88. The molecule has 126 valence electrons. The minimum atomic E-state index is -0.0993. The van der Waals surface area contributed by atoms with E-state index < -0.39 is 0 Å². The second-order valence-electron chi connectivity index (χ2n) is 6.65. The summed E-state index contributed by atoms with van der Waals surface area (Å²) in [6.07, 6.45) is 4.17. The molecule has 1 aliphatic rings. The van der Waals surface area contributed by atoms with Crippen molar-refractivity contribution in [1.82, 2.24) is 9.55 Å². The molecule has 1 amide bonds. The fourth-order valence-electron chi connectivity index (χ4n) is 3.22. The third-order valence-electron chi connectivity index (χ3n) is 4.92. The summed E-state index contributed by atoms with van der Waals surface area (Å²) in [6, 6.07) is 16.0. The van der Waals surface area contributed by atoms with E-state index >= 15 is 0 Å². The summed E-state index contributed by atoms with van der Waals surface area (Å²) < 4.78 is 2.14. The van der Waals surface area contributed by atoms with Crippen LogP contribution in [0.2, 0.25) is 0 Å². The van der Waals surface area contributed by atoms with Crippen molar-refractivity contribution < 1.29 is 4.79 Å². The van der Waals surface area contributed by atoms with E-state index in [1.165, 1.54) is 18.5 Å². The number of nitrogens with zero attached hydrogens (tertiary/aromatic N) is 2. The van der Waals surface area contributed by atoms with Gasteiger partial charge in [-0.05, 0) is 55.0 Å². The Bertz CT molecular complexity index is 924. The number of benzene rings is 1. The molecule has 1 saturated carbocycles. The Morgan fingerprint density at radius 2 is 1.88 bits per heavy atom. The van der Waals surface area contributed by atoms with Crippen LogP contribution in [0.25, 0.3) is 11.1 Å². The smallest absolute Gasteiger partial charge is 0.258 e. The molecule has 2 heterocycles. The molecule has 4 rings (SSSR count). The fraction of sp³-hybridized carbons (Fsp3) is 0.238. The number of carbonyl (C=O) groups is 1. The number of nitrogens with one attached hydrogen (secondary N) is 1. The first-order valence-corrected chi connectivity index (χ1v) is 8.62. The Morgan fingerprint density at radius 3 is 2.60 bits per heavy atom. The Labute approximate surface area is 147 Å². The van der Waals surface area contributed by atoms with E-state index in [-0.39, 0.29) is 5.91 Å². The van der Waals surface area contributed by atoms with Gasteiger partial charge in [-0.15, -0.1) is 0 Å². The number of carbonyl (C=O) groups excluding carboxylic acids is 1. The maximum atomic E-state index is 12.7. The number of anilines is 1. The first-order chi connectivity index (χ1) is 12.1. The zero-order chi connectivity index (χ0) is 17.4. The van der Waals surface area contributed by atoms with Gasteiger partial charge in [-0.2, -0.15) is 0 Å². The minimum absolute atomic E-state index is 0.0993. The van der Waals surface area contributed by atoms with Crippen LogP contribution < -0.4 is 5.32 Å². The summed E-state index contributed by atoms with van der Waals surface area (Å²) in [7, 11) is 2.04. The molecule has 1 aromatic carbocycles. The average Bonchev–Trinajstić information content (AvgIpc) is 3.43. The lowest BCUT2D eigenvalue weighted by molar-refractivity contribution is 0.102. The van der Waals surface area contributed by atoms with Crippen molar-refractivity contribution in [2.45, 2.75) is 25.7 Å². The van der Waals surface area contributed by atoms with Gasteiger partial charge in [0.1, 0.15) is 5.82 Å². The summed E-state index contributed by atoms with van der Waals surface area (Å²) >= 11 is 0. The predicted molar refractivity (Wildman–Crippen MR) is 99.8 cm³/mol. The van der Waals surface area contributed by atoms with Crippen LogP contribution in [0.1, 0.15) is 40.5 Å². The Hall–Kier alpha value is -2.88. The molecule has 1 fully saturated rings. The van der Waals surface area contributed by atoms with Gasteiger partial charge in [0.05, 0.1) is 5.56 Å². The first-order valence-electron chi connectivity index (χ1n) is 8.62. The molecule has 4 nitrogen and oxygen atoms in total. The van der Waals surface area contributed by atoms with Gasteiger partial charge >= 0.3 is 0 Å².